The minimum atomic E-state index is 0.334. The Kier molecular flexibility index (Phi) is 5.92. The van der Waals surface area contributed by atoms with E-state index in [1.807, 2.05) is 0 Å². The van der Waals surface area contributed by atoms with Crippen LogP contribution in [0.25, 0.3) is 0 Å². The van der Waals surface area contributed by atoms with Gasteiger partial charge < -0.3 is 15.4 Å². The van der Waals surface area contributed by atoms with E-state index in [1.165, 1.54) is 57.4 Å². The standard InChI is InChI=1S/C19H31N3O/c1-21-11-13-22(14-12-21)18-7-2-3-8-19(18)23-17-6-4-5-16(15-17)9-10-20/h4-6,15,18-19H,2-3,7-14,20H2,1H3. The molecule has 1 saturated carbocycles. The summed E-state index contributed by atoms with van der Waals surface area (Å²) < 4.78 is 6.44. The summed E-state index contributed by atoms with van der Waals surface area (Å²) in [5.74, 6) is 1.02. The number of benzene rings is 1. The van der Waals surface area contributed by atoms with E-state index < -0.39 is 0 Å². The van der Waals surface area contributed by atoms with Crippen molar-refractivity contribution in [3.05, 3.63) is 29.8 Å². The van der Waals surface area contributed by atoms with Crippen molar-refractivity contribution >= 4 is 0 Å². The second-order valence-corrected chi connectivity index (χ2v) is 7.03. The van der Waals surface area contributed by atoms with Crippen LogP contribution in [-0.2, 0) is 6.42 Å². The van der Waals surface area contributed by atoms with Crippen molar-refractivity contribution in [2.24, 2.45) is 5.73 Å². The first kappa shape index (κ1) is 16.7. The average molecular weight is 317 g/mol. The minimum absolute atomic E-state index is 0.334. The van der Waals surface area contributed by atoms with Gasteiger partial charge in [0.05, 0.1) is 0 Å². The number of nitrogens with two attached hydrogens (primary N) is 1. The fraction of sp³-hybridized carbons (Fsp3) is 0.684. The van der Waals surface area contributed by atoms with Crippen LogP contribution in [-0.4, -0.2) is 61.7 Å². The van der Waals surface area contributed by atoms with Crippen molar-refractivity contribution < 1.29 is 4.74 Å². The Hall–Kier alpha value is -1.10. The van der Waals surface area contributed by atoms with Crippen LogP contribution in [0.1, 0.15) is 31.2 Å². The predicted molar refractivity (Wildman–Crippen MR) is 94.9 cm³/mol. The molecule has 1 aromatic carbocycles. The molecule has 2 N–H and O–H groups in total. The van der Waals surface area contributed by atoms with E-state index in [0.717, 1.165) is 12.2 Å². The zero-order valence-corrected chi connectivity index (χ0v) is 14.4. The van der Waals surface area contributed by atoms with Crippen LogP contribution < -0.4 is 10.5 Å². The van der Waals surface area contributed by atoms with Gasteiger partial charge in [0.15, 0.2) is 0 Å². The molecule has 3 rings (SSSR count). The topological polar surface area (TPSA) is 41.7 Å². The van der Waals surface area contributed by atoms with Gasteiger partial charge in [0.1, 0.15) is 11.9 Å². The van der Waals surface area contributed by atoms with Crippen LogP contribution in [0.3, 0.4) is 0 Å². The third kappa shape index (κ3) is 4.46. The molecule has 1 aliphatic carbocycles. The number of nitrogens with zero attached hydrogens (tertiary/aromatic N) is 2. The summed E-state index contributed by atoms with van der Waals surface area (Å²) in [5.41, 5.74) is 6.95. The SMILES string of the molecule is CN1CCN(C2CCCCC2Oc2cccc(CCN)c2)CC1. The second-order valence-electron chi connectivity index (χ2n) is 7.03. The summed E-state index contributed by atoms with van der Waals surface area (Å²) in [4.78, 5) is 5.08. The second kappa shape index (κ2) is 8.13. The maximum absolute atomic E-state index is 6.44. The van der Waals surface area contributed by atoms with E-state index >= 15 is 0 Å². The molecule has 0 aromatic heterocycles. The third-order valence-electron chi connectivity index (χ3n) is 5.29. The summed E-state index contributed by atoms with van der Waals surface area (Å²) in [7, 11) is 2.22. The van der Waals surface area contributed by atoms with Crippen molar-refractivity contribution in [1.29, 1.82) is 0 Å². The quantitative estimate of drug-likeness (QED) is 0.903. The van der Waals surface area contributed by atoms with E-state index in [4.69, 9.17) is 10.5 Å². The molecule has 2 unspecified atom stereocenters. The lowest BCUT2D eigenvalue weighted by molar-refractivity contribution is 0.0130. The monoisotopic (exact) mass is 317 g/mol. The normalized spacial score (nSPS) is 27.0. The highest BCUT2D eigenvalue weighted by molar-refractivity contribution is 5.29. The van der Waals surface area contributed by atoms with Gasteiger partial charge in [-0.2, -0.15) is 0 Å². The summed E-state index contributed by atoms with van der Waals surface area (Å²) >= 11 is 0. The number of piperazine rings is 1. The minimum Gasteiger partial charge on any atom is -0.489 e. The maximum atomic E-state index is 6.44. The van der Waals surface area contributed by atoms with Crippen LogP contribution >= 0.6 is 0 Å². The van der Waals surface area contributed by atoms with Gasteiger partial charge in [0.2, 0.25) is 0 Å². The van der Waals surface area contributed by atoms with Crippen molar-refractivity contribution in [2.45, 2.75) is 44.2 Å². The van der Waals surface area contributed by atoms with Gasteiger partial charge in [0.25, 0.3) is 0 Å². The van der Waals surface area contributed by atoms with Crippen LogP contribution in [0.5, 0.6) is 5.75 Å². The van der Waals surface area contributed by atoms with Crippen LogP contribution in [0.4, 0.5) is 0 Å². The Morgan fingerprint density at radius 2 is 1.91 bits per heavy atom. The molecule has 4 nitrogen and oxygen atoms in total. The van der Waals surface area contributed by atoms with Gasteiger partial charge in [-0.05, 0) is 57.0 Å². The lowest BCUT2D eigenvalue weighted by Crippen LogP contribution is -2.54. The predicted octanol–water partition coefficient (Wildman–Crippen LogP) is 2.13. The number of hydrogen-bond donors (Lipinski definition) is 1. The van der Waals surface area contributed by atoms with Gasteiger partial charge in [-0.3, -0.25) is 4.90 Å². The number of hydrogen-bond acceptors (Lipinski definition) is 4. The van der Waals surface area contributed by atoms with Crippen molar-refractivity contribution in [2.75, 3.05) is 39.8 Å². The fourth-order valence-electron chi connectivity index (χ4n) is 3.90. The molecule has 0 amide bonds. The van der Waals surface area contributed by atoms with E-state index in [9.17, 15) is 0 Å². The Bertz CT molecular complexity index is 485. The van der Waals surface area contributed by atoms with E-state index in [2.05, 4.69) is 41.1 Å². The van der Waals surface area contributed by atoms with Crippen LogP contribution in [0, 0.1) is 0 Å². The molecule has 0 bridgehead atoms. The molecule has 1 saturated heterocycles. The molecule has 128 valence electrons. The van der Waals surface area contributed by atoms with Gasteiger partial charge in [0, 0.05) is 32.2 Å². The van der Waals surface area contributed by atoms with Crippen molar-refractivity contribution in [3.8, 4) is 5.75 Å². The first-order valence-corrected chi connectivity index (χ1v) is 9.14. The molecule has 1 aromatic rings. The van der Waals surface area contributed by atoms with Gasteiger partial charge >= 0.3 is 0 Å². The van der Waals surface area contributed by atoms with Crippen molar-refractivity contribution in [3.63, 3.8) is 0 Å². The van der Waals surface area contributed by atoms with E-state index in [0.29, 0.717) is 18.7 Å². The Morgan fingerprint density at radius 3 is 2.70 bits per heavy atom. The highest BCUT2D eigenvalue weighted by Crippen LogP contribution is 2.28. The maximum Gasteiger partial charge on any atom is 0.120 e. The molecular formula is C19H31N3O. The van der Waals surface area contributed by atoms with Gasteiger partial charge in [-0.25, -0.2) is 0 Å². The smallest absolute Gasteiger partial charge is 0.120 e. The molecule has 0 spiro atoms. The Balaban J connectivity index is 1.65. The highest BCUT2D eigenvalue weighted by Gasteiger charge is 2.33. The van der Waals surface area contributed by atoms with Crippen molar-refractivity contribution in [1.82, 2.24) is 9.80 Å². The molecule has 2 atom stereocenters. The van der Waals surface area contributed by atoms with Crippen LogP contribution in [0.15, 0.2) is 24.3 Å². The fourth-order valence-corrected chi connectivity index (χ4v) is 3.90. The molecule has 1 heterocycles. The zero-order chi connectivity index (χ0) is 16.1. The lowest BCUT2D eigenvalue weighted by Gasteiger charge is -2.43. The third-order valence-corrected chi connectivity index (χ3v) is 5.29. The largest absolute Gasteiger partial charge is 0.489 e. The lowest BCUT2D eigenvalue weighted by atomic mass is 9.90. The first-order valence-electron chi connectivity index (χ1n) is 9.14. The molecule has 0 radical (unpaired) electrons. The average Bonchev–Trinajstić information content (AvgIpc) is 2.57. The number of likely N-dealkylation sites (N-methyl/N-ethyl adjacent to an activating group) is 1. The summed E-state index contributed by atoms with van der Waals surface area (Å²) in [6.07, 6.45) is 6.33. The van der Waals surface area contributed by atoms with E-state index in [-0.39, 0.29) is 0 Å². The van der Waals surface area contributed by atoms with Gasteiger partial charge in [-0.1, -0.05) is 18.6 Å². The zero-order valence-electron chi connectivity index (χ0n) is 14.4. The molecule has 4 heteroatoms. The molecule has 23 heavy (non-hydrogen) atoms. The Labute approximate surface area is 140 Å². The van der Waals surface area contributed by atoms with E-state index in [1.54, 1.807) is 0 Å². The molecule has 2 aliphatic rings. The first-order chi connectivity index (χ1) is 11.3. The highest BCUT2D eigenvalue weighted by atomic mass is 16.5. The summed E-state index contributed by atoms with van der Waals surface area (Å²) in [6, 6.07) is 9.07. The molecule has 1 aliphatic heterocycles. The summed E-state index contributed by atoms with van der Waals surface area (Å²) in [5, 5.41) is 0. The summed E-state index contributed by atoms with van der Waals surface area (Å²) in [6.45, 7) is 5.39. The van der Waals surface area contributed by atoms with Gasteiger partial charge in [-0.15, -0.1) is 0 Å². The molecule has 2 fully saturated rings. The number of rotatable bonds is 5. The molecular weight excluding hydrogens is 286 g/mol. The van der Waals surface area contributed by atoms with Crippen LogP contribution in [0.2, 0.25) is 0 Å². The number of ether oxygens (including phenoxy) is 1. The Morgan fingerprint density at radius 1 is 1.13 bits per heavy atom.